The van der Waals surface area contributed by atoms with E-state index in [9.17, 15) is 5.11 Å². The maximum Gasteiger partial charge on any atom is 0.0610 e. The second-order valence-electron chi connectivity index (χ2n) is 4.51. The lowest BCUT2D eigenvalue weighted by Gasteiger charge is -2.30. The largest absolute Gasteiger partial charge is 0.394 e. The van der Waals surface area contributed by atoms with Crippen molar-refractivity contribution in [3.8, 4) is 0 Å². The molecule has 15 heavy (non-hydrogen) atoms. The summed E-state index contributed by atoms with van der Waals surface area (Å²) in [6.45, 7) is 10.0. The molecule has 92 valence electrons. The van der Waals surface area contributed by atoms with Gasteiger partial charge in [0, 0.05) is 5.54 Å². The summed E-state index contributed by atoms with van der Waals surface area (Å²) in [5, 5.41) is 12.5. The quantitative estimate of drug-likeness (QED) is 0.612. The maximum absolute atomic E-state index is 9.27. The molecule has 0 spiro atoms. The molecule has 0 aromatic carbocycles. The van der Waals surface area contributed by atoms with Crippen LogP contribution in [0.15, 0.2) is 0 Å². The molecule has 0 amide bonds. The van der Waals surface area contributed by atoms with Crippen molar-refractivity contribution in [3.63, 3.8) is 0 Å². The van der Waals surface area contributed by atoms with Crippen LogP contribution in [-0.2, 0) is 0 Å². The average molecular weight is 216 g/mol. The van der Waals surface area contributed by atoms with Gasteiger partial charge in [-0.15, -0.1) is 0 Å². The molecule has 0 fully saturated rings. The number of likely N-dealkylation sites (N-methyl/N-ethyl adjacent to an activating group) is 1. The Morgan fingerprint density at radius 1 is 1.27 bits per heavy atom. The molecule has 0 aliphatic heterocycles. The molecule has 0 radical (unpaired) electrons. The van der Waals surface area contributed by atoms with Gasteiger partial charge in [0.2, 0.25) is 0 Å². The lowest BCUT2D eigenvalue weighted by Crippen LogP contribution is -2.46. The van der Waals surface area contributed by atoms with Crippen LogP contribution in [0, 0.1) is 0 Å². The molecule has 3 heteroatoms. The van der Waals surface area contributed by atoms with Crippen LogP contribution in [0.4, 0.5) is 0 Å². The van der Waals surface area contributed by atoms with Gasteiger partial charge in [0.05, 0.1) is 6.61 Å². The summed E-state index contributed by atoms with van der Waals surface area (Å²) in [4.78, 5) is 2.45. The van der Waals surface area contributed by atoms with E-state index in [0.29, 0.717) is 0 Å². The van der Waals surface area contributed by atoms with Gasteiger partial charge in [-0.2, -0.15) is 0 Å². The van der Waals surface area contributed by atoms with Crippen molar-refractivity contribution in [2.75, 3.05) is 33.3 Å². The Kier molecular flexibility index (Phi) is 8.02. The van der Waals surface area contributed by atoms with Gasteiger partial charge in [0.15, 0.2) is 0 Å². The Morgan fingerprint density at radius 3 is 2.33 bits per heavy atom. The zero-order chi connectivity index (χ0) is 11.7. The third-order valence-electron chi connectivity index (χ3n) is 3.21. The highest BCUT2D eigenvalue weighted by Crippen LogP contribution is 2.09. The molecule has 0 saturated heterocycles. The van der Waals surface area contributed by atoms with Crippen molar-refractivity contribution in [1.82, 2.24) is 10.2 Å². The molecule has 0 bridgehead atoms. The van der Waals surface area contributed by atoms with Crippen LogP contribution in [0.3, 0.4) is 0 Å². The van der Waals surface area contributed by atoms with E-state index in [-0.39, 0.29) is 12.1 Å². The fraction of sp³-hybridized carbons (Fsp3) is 1.00. The maximum atomic E-state index is 9.27. The van der Waals surface area contributed by atoms with Gasteiger partial charge in [-0.3, -0.25) is 0 Å². The minimum Gasteiger partial charge on any atom is -0.394 e. The van der Waals surface area contributed by atoms with E-state index < -0.39 is 0 Å². The molecule has 1 atom stereocenters. The van der Waals surface area contributed by atoms with Crippen LogP contribution in [-0.4, -0.2) is 48.8 Å². The van der Waals surface area contributed by atoms with Crippen molar-refractivity contribution in [3.05, 3.63) is 0 Å². The van der Waals surface area contributed by atoms with Crippen LogP contribution in [0.2, 0.25) is 0 Å². The van der Waals surface area contributed by atoms with Gasteiger partial charge in [-0.1, -0.05) is 20.3 Å². The van der Waals surface area contributed by atoms with Crippen LogP contribution in [0.5, 0.6) is 0 Å². The van der Waals surface area contributed by atoms with E-state index >= 15 is 0 Å². The number of nitrogens with one attached hydrogen (secondary N) is 1. The monoisotopic (exact) mass is 216 g/mol. The summed E-state index contributed by atoms with van der Waals surface area (Å²) in [7, 11) is 1.92. The van der Waals surface area contributed by atoms with E-state index in [1.165, 1.54) is 19.4 Å². The molecule has 0 heterocycles. The van der Waals surface area contributed by atoms with Crippen molar-refractivity contribution < 1.29 is 5.11 Å². The van der Waals surface area contributed by atoms with E-state index in [0.717, 1.165) is 19.5 Å². The van der Waals surface area contributed by atoms with Gasteiger partial charge in [-0.25, -0.2) is 0 Å². The summed E-state index contributed by atoms with van der Waals surface area (Å²) >= 11 is 0. The molecule has 0 aromatic rings. The fourth-order valence-corrected chi connectivity index (χ4v) is 1.50. The van der Waals surface area contributed by atoms with E-state index in [1.54, 1.807) is 0 Å². The van der Waals surface area contributed by atoms with Gasteiger partial charge >= 0.3 is 0 Å². The third kappa shape index (κ3) is 6.13. The Bertz CT molecular complexity index is 147. The van der Waals surface area contributed by atoms with E-state index in [2.05, 4.69) is 31.0 Å². The third-order valence-corrected chi connectivity index (χ3v) is 3.21. The first-order valence-corrected chi connectivity index (χ1v) is 6.14. The Hall–Kier alpha value is -0.120. The van der Waals surface area contributed by atoms with Crippen molar-refractivity contribution in [1.29, 1.82) is 0 Å². The Morgan fingerprint density at radius 2 is 1.93 bits per heavy atom. The minimum atomic E-state index is -0.125. The number of hydrogen-bond donors (Lipinski definition) is 2. The molecule has 1 unspecified atom stereocenters. The summed E-state index contributed by atoms with van der Waals surface area (Å²) in [5.74, 6) is 0. The normalized spacial score (nSPS) is 15.6. The molecule has 0 saturated carbocycles. The number of nitrogens with zero attached hydrogens (tertiary/aromatic N) is 1. The zero-order valence-electron chi connectivity index (χ0n) is 10.8. The predicted molar refractivity (Wildman–Crippen MR) is 66.2 cm³/mol. The molecular weight excluding hydrogens is 188 g/mol. The summed E-state index contributed by atoms with van der Waals surface area (Å²) in [5.41, 5.74) is -0.125. The Labute approximate surface area is 94.9 Å². The number of aliphatic hydroxyl groups is 1. The first-order valence-electron chi connectivity index (χ1n) is 6.14. The first-order chi connectivity index (χ1) is 7.11. The highest BCUT2D eigenvalue weighted by atomic mass is 16.3. The number of aliphatic hydroxyl groups excluding tert-OH is 1. The van der Waals surface area contributed by atoms with Gasteiger partial charge in [0.25, 0.3) is 0 Å². The van der Waals surface area contributed by atoms with Crippen LogP contribution in [0.25, 0.3) is 0 Å². The van der Waals surface area contributed by atoms with Crippen LogP contribution < -0.4 is 5.32 Å². The average Bonchev–Trinajstić information content (AvgIpc) is 2.29. The number of rotatable bonds is 9. The summed E-state index contributed by atoms with van der Waals surface area (Å²) in [6.07, 6.45) is 3.51. The fourth-order valence-electron chi connectivity index (χ4n) is 1.50. The summed E-state index contributed by atoms with van der Waals surface area (Å²) in [6, 6.07) is 0. The zero-order valence-corrected chi connectivity index (χ0v) is 10.8. The van der Waals surface area contributed by atoms with Gasteiger partial charge in [-0.05, 0) is 46.4 Å². The van der Waals surface area contributed by atoms with Crippen molar-refractivity contribution in [2.24, 2.45) is 0 Å². The minimum absolute atomic E-state index is 0.125. The summed E-state index contributed by atoms with van der Waals surface area (Å²) < 4.78 is 0. The van der Waals surface area contributed by atoms with Gasteiger partial charge in [0.1, 0.15) is 0 Å². The Balaban J connectivity index is 3.87. The molecule has 0 aromatic heterocycles. The second-order valence-corrected chi connectivity index (χ2v) is 4.51. The topological polar surface area (TPSA) is 35.5 Å². The SMILES string of the molecule is CCCCN(CC)CCC(C)(CO)NC. The van der Waals surface area contributed by atoms with Crippen molar-refractivity contribution >= 4 is 0 Å². The molecule has 3 nitrogen and oxygen atoms in total. The van der Waals surface area contributed by atoms with E-state index in [1.807, 2.05) is 7.05 Å². The molecule has 0 rings (SSSR count). The molecule has 2 N–H and O–H groups in total. The van der Waals surface area contributed by atoms with Gasteiger partial charge < -0.3 is 15.3 Å². The van der Waals surface area contributed by atoms with Crippen LogP contribution >= 0.6 is 0 Å². The lowest BCUT2D eigenvalue weighted by atomic mass is 9.99. The van der Waals surface area contributed by atoms with Crippen LogP contribution in [0.1, 0.15) is 40.0 Å². The van der Waals surface area contributed by atoms with Crippen molar-refractivity contribution in [2.45, 2.75) is 45.6 Å². The number of unbranched alkanes of at least 4 members (excludes halogenated alkanes) is 1. The standard InChI is InChI=1S/C12H28N2O/c1-5-7-9-14(6-2)10-8-12(3,11-15)13-4/h13,15H,5-11H2,1-4H3. The number of hydrogen-bond acceptors (Lipinski definition) is 3. The predicted octanol–water partition coefficient (Wildman–Crippen LogP) is 1.47. The first kappa shape index (κ1) is 14.9. The van der Waals surface area contributed by atoms with E-state index in [4.69, 9.17) is 0 Å². The highest BCUT2D eigenvalue weighted by Gasteiger charge is 2.21. The molecule has 0 aliphatic carbocycles. The lowest BCUT2D eigenvalue weighted by molar-refractivity contribution is 0.153. The highest BCUT2D eigenvalue weighted by molar-refractivity contribution is 4.81. The smallest absolute Gasteiger partial charge is 0.0610 e. The molecular formula is C12H28N2O. The molecule has 0 aliphatic rings. The second kappa shape index (κ2) is 8.08.